The van der Waals surface area contributed by atoms with Crippen LogP contribution in [0, 0.1) is 11.8 Å². The second kappa shape index (κ2) is 5.94. The Balaban J connectivity index is 3.74. The van der Waals surface area contributed by atoms with Crippen LogP contribution in [-0.4, -0.2) is 12.5 Å². The number of rotatable bonds is 5. The number of hydrogen-bond acceptors (Lipinski definition) is 3. The van der Waals surface area contributed by atoms with E-state index in [4.69, 9.17) is 5.73 Å². The molecule has 0 heterocycles. The molecule has 0 bridgehead atoms. The van der Waals surface area contributed by atoms with Crippen molar-refractivity contribution in [3.63, 3.8) is 0 Å². The highest BCUT2D eigenvalue weighted by Crippen LogP contribution is 2.14. The van der Waals surface area contributed by atoms with Crippen molar-refractivity contribution in [3.05, 3.63) is 0 Å². The first-order valence-electron chi connectivity index (χ1n) is 4.11. The van der Waals surface area contributed by atoms with E-state index in [-0.39, 0.29) is 12.3 Å². The molecule has 0 saturated heterocycles. The summed E-state index contributed by atoms with van der Waals surface area (Å²) in [6.45, 7) is 4.46. The number of halogens is 1. The molecule has 0 aromatic carbocycles. The maximum Gasteiger partial charge on any atom is 0.349 e. The van der Waals surface area contributed by atoms with Crippen molar-refractivity contribution in [1.29, 1.82) is 0 Å². The molecule has 0 amide bonds. The van der Waals surface area contributed by atoms with Gasteiger partial charge < -0.3 is 5.73 Å². The van der Waals surface area contributed by atoms with Gasteiger partial charge in [0.05, 0.1) is 6.42 Å². The van der Waals surface area contributed by atoms with Crippen LogP contribution in [0.2, 0.25) is 0 Å². The lowest BCUT2D eigenvalue weighted by molar-refractivity contribution is -0.184. The van der Waals surface area contributed by atoms with E-state index in [1.165, 1.54) is 0 Å². The SMILES string of the molecule is CC(C)CC(CN)CC(=O)OF. The molecule has 0 aliphatic carbocycles. The zero-order valence-electron chi connectivity index (χ0n) is 7.55. The summed E-state index contributed by atoms with van der Waals surface area (Å²) >= 11 is 0. The van der Waals surface area contributed by atoms with Crippen LogP contribution in [0.3, 0.4) is 0 Å². The molecule has 0 radical (unpaired) electrons. The Morgan fingerprint density at radius 3 is 2.50 bits per heavy atom. The lowest BCUT2D eigenvalue weighted by atomic mass is 9.94. The molecule has 72 valence electrons. The minimum Gasteiger partial charge on any atom is -0.330 e. The van der Waals surface area contributed by atoms with Crippen LogP contribution in [-0.2, 0) is 9.74 Å². The Morgan fingerprint density at radius 2 is 2.17 bits per heavy atom. The van der Waals surface area contributed by atoms with Crippen molar-refractivity contribution in [2.45, 2.75) is 26.7 Å². The fourth-order valence-corrected chi connectivity index (χ4v) is 1.20. The van der Waals surface area contributed by atoms with E-state index in [0.717, 1.165) is 6.42 Å². The van der Waals surface area contributed by atoms with Gasteiger partial charge in [-0.05, 0) is 24.8 Å². The lowest BCUT2D eigenvalue weighted by Gasteiger charge is -2.14. The summed E-state index contributed by atoms with van der Waals surface area (Å²) in [6.07, 6.45) is 0.900. The number of carbonyl (C=O) groups is 1. The van der Waals surface area contributed by atoms with Gasteiger partial charge in [0.1, 0.15) is 0 Å². The molecule has 12 heavy (non-hydrogen) atoms. The highest BCUT2D eigenvalue weighted by atomic mass is 19.3. The van der Waals surface area contributed by atoms with Crippen LogP contribution >= 0.6 is 0 Å². The third-order valence-electron chi connectivity index (χ3n) is 1.68. The van der Waals surface area contributed by atoms with Crippen molar-refractivity contribution >= 4 is 5.97 Å². The summed E-state index contributed by atoms with van der Waals surface area (Å²) in [6, 6.07) is 0. The summed E-state index contributed by atoms with van der Waals surface area (Å²) in [5.41, 5.74) is 5.39. The highest BCUT2D eigenvalue weighted by molar-refractivity contribution is 5.68. The first-order chi connectivity index (χ1) is 5.60. The summed E-state index contributed by atoms with van der Waals surface area (Å²) in [7, 11) is 0. The highest BCUT2D eigenvalue weighted by Gasteiger charge is 2.15. The normalized spacial score (nSPS) is 13.1. The van der Waals surface area contributed by atoms with E-state index < -0.39 is 5.97 Å². The molecular weight excluding hydrogens is 161 g/mol. The minimum absolute atomic E-state index is 0.0354. The third kappa shape index (κ3) is 5.07. The second-order valence-corrected chi connectivity index (χ2v) is 3.38. The van der Waals surface area contributed by atoms with Crippen LogP contribution in [0.25, 0.3) is 0 Å². The molecule has 2 N–H and O–H groups in total. The van der Waals surface area contributed by atoms with Crippen molar-refractivity contribution in [2.75, 3.05) is 6.54 Å². The molecule has 0 spiro atoms. The quantitative estimate of drug-likeness (QED) is 0.691. The van der Waals surface area contributed by atoms with Gasteiger partial charge in [0.2, 0.25) is 0 Å². The zero-order chi connectivity index (χ0) is 9.56. The van der Waals surface area contributed by atoms with Crippen LogP contribution in [0.4, 0.5) is 4.53 Å². The number of hydrogen-bond donors (Lipinski definition) is 1. The summed E-state index contributed by atoms with van der Waals surface area (Å²) in [4.78, 5) is 13.6. The van der Waals surface area contributed by atoms with Gasteiger partial charge in [-0.2, -0.15) is 0 Å². The van der Waals surface area contributed by atoms with Crippen LogP contribution in [0.1, 0.15) is 26.7 Å². The van der Waals surface area contributed by atoms with Crippen molar-refractivity contribution in [2.24, 2.45) is 17.6 Å². The fraction of sp³-hybridized carbons (Fsp3) is 0.875. The largest absolute Gasteiger partial charge is 0.349 e. The first-order valence-corrected chi connectivity index (χ1v) is 4.11. The Morgan fingerprint density at radius 1 is 1.58 bits per heavy atom. The molecule has 0 rings (SSSR count). The summed E-state index contributed by atoms with van der Waals surface area (Å²) < 4.78 is 11.3. The van der Waals surface area contributed by atoms with Gasteiger partial charge in [0, 0.05) is 4.53 Å². The summed E-state index contributed by atoms with van der Waals surface area (Å²) in [5, 5.41) is 0. The summed E-state index contributed by atoms with van der Waals surface area (Å²) in [5.74, 6) is -0.328. The molecule has 0 aromatic rings. The smallest absolute Gasteiger partial charge is 0.330 e. The van der Waals surface area contributed by atoms with E-state index >= 15 is 0 Å². The predicted octanol–water partition coefficient (Wildman–Crippen LogP) is 1.43. The molecule has 1 unspecified atom stereocenters. The van der Waals surface area contributed by atoms with Crippen molar-refractivity contribution in [3.8, 4) is 0 Å². The van der Waals surface area contributed by atoms with Crippen molar-refractivity contribution in [1.82, 2.24) is 0 Å². The predicted molar refractivity (Wildman–Crippen MR) is 43.8 cm³/mol. The van der Waals surface area contributed by atoms with Gasteiger partial charge in [-0.25, -0.2) is 4.79 Å². The van der Waals surface area contributed by atoms with Gasteiger partial charge >= 0.3 is 5.97 Å². The van der Waals surface area contributed by atoms with Gasteiger partial charge in [0.25, 0.3) is 0 Å². The molecule has 0 saturated carbocycles. The Labute approximate surface area is 72.0 Å². The Hall–Kier alpha value is -0.640. The van der Waals surface area contributed by atoms with E-state index in [9.17, 15) is 9.32 Å². The Bertz CT molecular complexity index is 139. The maximum absolute atomic E-state index is 11.3. The van der Waals surface area contributed by atoms with Crippen LogP contribution < -0.4 is 5.73 Å². The fourth-order valence-electron chi connectivity index (χ4n) is 1.20. The first kappa shape index (κ1) is 11.4. The maximum atomic E-state index is 11.3. The average Bonchev–Trinajstić information content (AvgIpc) is 2.02. The van der Waals surface area contributed by atoms with Gasteiger partial charge in [-0.15, -0.1) is 0 Å². The van der Waals surface area contributed by atoms with Gasteiger partial charge in [-0.1, -0.05) is 13.8 Å². The molecule has 0 aliphatic heterocycles. The molecule has 0 aromatic heterocycles. The zero-order valence-corrected chi connectivity index (χ0v) is 7.55. The standard InChI is InChI=1S/C8H16FNO2/c1-6(2)3-7(5-10)4-8(11)12-9/h6-7H,3-5,10H2,1-2H3. The third-order valence-corrected chi connectivity index (χ3v) is 1.68. The van der Waals surface area contributed by atoms with Gasteiger partial charge in [0.15, 0.2) is 0 Å². The van der Waals surface area contributed by atoms with E-state index in [1.807, 2.05) is 13.8 Å². The topological polar surface area (TPSA) is 52.3 Å². The molecule has 1 atom stereocenters. The van der Waals surface area contributed by atoms with Crippen molar-refractivity contribution < 1.29 is 14.3 Å². The van der Waals surface area contributed by atoms with E-state index in [1.54, 1.807) is 0 Å². The molecule has 4 heteroatoms. The molecule has 3 nitrogen and oxygen atoms in total. The lowest BCUT2D eigenvalue weighted by Crippen LogP contribution is -2.20. The molecule has 0 fully saturated rings. The van der Waals surface area contributed by atoms with E-state index in [2.05, 4.69) is 4.94 Å². The number of carbonyl (C=O) groups excluding carboxylic acids is 1. The molecule has 0 aliphatic rings. The minimum atomic E-state index is -0.828. The second-order valence-electron chi connectivity index (χ2n) is 3.38. The van der Waals surface area contributed by atoms with Crippen LogP contribution in [0.5, 0.6) is 0 Å². The molecular formula is C8H16FNO2. The Kier molecular flexibility index (Phi) is 5.62. The van der Waals surface area contributed by atoms with E-state index in [0.29, 0.717) is 12.5 Å². The van der Waals surface area contributed by atoms with Gasteiger partial charge in [-0.3, -0.25) is 4.94 Å². The average molecular weight is 177 g/mol. The monoisotopic (exact) mass is 177 g/mol. The van der Waals surface area contributed by atoms with Crippen LogP contribution in [0.15, 0.2) is 0 Å². The number of nitrogens with two attached hydrogens (primary N) is 1.